The van der Waals surface area contributed by atoms with Crippen LogP contribution in [0.15, 0.2) is 24.9 Å². The van der Waals surface area contributed by atoms with E-state index >= 15 is 0 Å². The zero-order valence-electron chi connectivity index (χ0n) is 16.6. The third kappa shape index (κ3) is 3.94. The molecular weight excluding hydrogens is 387 g/mol. The Hall–Kier alpha value is -1.86. The molecule has 3 heterocycles. The quantitative estimate of drug-likeness (QED) is 0.720. The summed E-state index contributed by atoms with van der Waals surface area (Å²) in [5.41, 5.74) is 0.290. The summed E-state index contributed by atoms with van der Waals surface area (Å²) >= 11 is 1.67. The predicted molar refractivity (Wildman–Crippen MR) is 113 cm³/mol. The largest absolute Gasteiger partial charge is 0.349 e. The number of nitrogens with one attached hydrogen (secondary N) is 1. The molecule has 154 valence electrons. The fourth-order valence-electron chi connectivity index (χ4n) is 4.65. The number of likely N-dealkylation sites (tertiary alicyclic amines) is 1. The van der Waals surface area contributed by atoms with Crippen molar-refractivity contribution in [1.29, 1.82) is 0 Å². The molecule has 1 amide bonds. The lowest BCUT2D eigenvalue weighted by Gasteiger charge is -2.50. The zero-order chi connectivity index (χ0) is 20.0. The Kier molecular flexibility index (Phi) is 4.90. The molecule has 0 aromatic carbocycles. The van der Waals surface area contributed by atoms with E-state index in [9.17, 15) is 9.18 Å². The number of aromatic nitrogens is 2. The van der Waals surface area contributed by atoms with Crippen molar-refractivity contribution in [2.45, 2.75) is 68.6 Å². The molecule has 3 fully saturated rings. The molecular formula is C22H27FN4OS. The number of allylic oxidation sites excluding steroid dienone is 1. The van der Waals surface area contributed by atoms with Crippen LogP contribution in [-0.2, 0) is 0 Å². The summed E-state index contributed by atoms with van der Waals surface area (Å²) < 4.78 is 15.3. The van der Waals surface area contributed by atoms with Crippen LogP contribution in [0.2, 0.25) is 0 Å². The summed E-state index contributed by atoms with van der Waals surface area (Å²) in [6.45, 7) is 4.69. The van der Waals surface area contributed by atoms with Gasteiger partial charge >= 0.3 is 0 Å². The molecule has 3 aliphatic rings. The van der Waals surface area contributed by atoms with Gasteiger partial charge in [-0.15, -0.1) is 17.9 Å². The molecule has 5 nitrogen and oxygen atoms in total. The molecule has 29 heavy (non-hydrogen) atoms. The number of fused-ring (bicyclic) bond motifs is 1. The summed E-state index contributed by atoms with van der Waals surface area (Å²) in [5, 5.41) is 4.33. The second kappa shape index (κ2) is 7.43. The van der Waals surface area contributed by atoms with Crippen molar-refractivity contribution >= 4 is 27.6 Å². The highest BCUT2D eigenvalue weighted by atomic mass is 32.1. The van der Waals surface area contributed by atoms with Crippen LogP contribution in [0.3, 0.4) is 0 Å². The van der Waals surface area contributed by atoms with Crippen LogP contribution in [0.25, 0.3) is 10.3 Å². The van der Waals surface area contributed by atoms with Crippen LogP contribution in [-0.4, -0.2) is 51.6 Å². The summed E-state index contributed by atoms with van der Waals surface area (Å²) in [6.07, 6.45) is 10.1. The van der Waals surface area contributed by atoms with Crippen LogP contribution in [0.5, 0.6) is 0 Å². The summed E-state index contributed by atoms with van der Waals surface area (Å²) in [7, 11) is 0. The first kappa shape index (κ1) is 19.1. The average molecular weight is 415 g/mol. The van der Waals surface area contributed by atoms with E-state index < -0.39 is 5.67 Å². The number of alkyl halides is 1. The molecule has 0 spiro atoms. The molecule has 5 rings (SSSR count). The molecule has 0 unspecified atom stereocenters. The lowest BCUT2D eigenvalue weighted by molar-refractivity contribution is -0.0636. The number of thiazole rings is 1. The maximum absolute atomic E-state index is 14.3. The number of hydrogen-bond donors (Lipinski definition) is 1. The van der Waals surface area contributed by atoms with Crippen molar-refractivity contribution in [2.24, 2.45) is 0 Å². The Labute approximate surface area is 174 Å². The van der Waals surface area contributed by atoms with Crippen LogP contribution in [0.1, 0.15) is 66.2 Å². The Morgan fingerprint density at radius 1 is 1.31 bits per heavy atom. The molecule has 0 atom stereocenters. The third-order valence-electron chi connectivity index (χ3n) is 6.48. The number of nitrogens with zero attached hydrogens (tertiary/aromatic N) is 3. The van der Waals surface area contributed by atoms with Gasteiger partial charge in [0.25, 0.3) is 5.91 Å². The van der Waals surface area contributed by atoms with Crippen LogP contribution in [0.4, 0.5) is 4.39 Å². The van der Waals surface area contributed by atoms with Gasteiger partial charge in [-0.1, -0.05) is 6.08 Å². The van der Waals surface area contributed by atoms with Gasteiger partial charge in [0.1, 0.15) is 5.67 Å². The van der Waals surface area contributed by atoms with Gasteiger partial charge in [0.15, 0.2) is 5.65 Å². The highest BCUT2D eigenvalue weighted by Crippen LogP contribution is 2.43. The van der Waals surface area contributed by atoms with Crippen molar-refractivity contribution in [3.05, 3.63) is 35.5 Å². The first-order valence-electron chi connectivity index (χ1n) is 10.6. The van der Waals surface area contributed by atoms with E-state index in [2.05, 4.69) is 26.8 Å². The standard InChI is InChI=1S/C22H27FN4OS/c1-2-9-22(23)12-27(13-22)17-7-5-16(6-8-17)25-20(28)15-10-18-19(24-11-15)26-21(29-18)14-3-4-14/h2,10-11,14,16-17H,1,3-9,12-13H2,(H,25,28)/t16-,17-. The molecule has 1 aliphatic heterocycles. The summed E-state index contributed by atoms with van der Waals surface area (Å²) in [5.74, 6) is 0.550. The zero-order valence-corrected chi connectivity index (χ0v) is 17.4. The topological polar surface area (TPSA) is 58.1 Å². The first-order chi connectivity index (χ1) is 14.0. The maximum Gasteiger partial charge on any atom is 0.253 e. The van der Waals surface area contributed by atoms with E-state index in [0.29, 0.717) is 37.0 Å². The Bertz CT molecular complexity index is 926. The Balaban J connectivity index is 1.14. The smallest absolute Gasteiger partial charge is 0.253 e. The number of carbonyl (C=O) groups excluding carboxylic acids is 1. The van der Waals surface area contributed by atoms with Gasteiger partial charge in [0.2, 0.25) is 0 Å². The van der Waals surface area contributed by atoms with Crippen LogP contribution < -0.4 is 5.32 Å². The molecule has 1 saturated heterocycles. The number of rotatable bonds is 6. The molecule has 2 aliphatic carbocycles. The minimum atomic E-state index is -1.07. The summed E-state index contributed by atoms with van der Waals surface area (Å²) in [6, 6.07) is 2.54. The monoisotopic (exact) mass is 414 g/mol. The summed E-state index contributed by atoms with van der Waals surface area (Å²) in [4.78, 5) is 24.0. The Morgan fingerprint density at radius 2 is 2.07 bits per heavy atom. The highest BCUT2D eigenvalue weighted by Gasteiger charge is 2.45. The second-order valence-electron chi connectivity index (χ2n) is 8.90. The van der Waals surface area contributed by atoms with Crippen LogP contribution in [0, 0.1) is 0 Å². The van der Waals surface area contributed by atoms with E-state index in [1.54, 1.807) is 23.6 Å². The number of amides is 1. The van der Waals surface area contributed by atoms with Gasteiger partial charge in [0, 0.05) is 43.7 Å². The SMILES string of the molecule is C=CCC1(F)CN([C@H]2CC[C@H](NC(=O)c3cnc4nc(C5CC5)sc4c3)CC2)C1. The van der Waals surface area contributed by atoms with Crippen molar-refractivity contribution in [3.63, 3.8) is 0 Å². The average Bonchev–Trinajstić information content (AvgIpc) is 3.45. The van der Waals surface area contributed by atoms with Crippen molar-refractivity contribution < 1.29 is 9.18 Å². The van der Waals surface area contributed by atoms with Gasteiger partial charge in [-0.05, 0) is 44.6 Å². The van der Waals surface area contributed by atoms with Gasteiger partial charge < -0.3 is 5.32 Å². The predicted octanol–water partition coefficient (Wildman–Crippen LogP) is 4.21. The van der Waals surface area contributed by atoms with Gasteiger partial charge in [-0.3, -0.25) is 9.69 Å². The maximum atomic E-state index is 14.3. The second-order valence-corrected chi connectivity index (χ2v) is 9.96. The molecule has 1 N–H and O–H groups in total. The molecule has 0 radical (unpaired) electrons. The number of halogens is 1. The molecule has 7 heteroatoms. The molecule has 2 aromatic heterocycles. The number of hydrogen-bond acceptors (Lipinski definition) is 5. The van der Waals surface area contributed by atoms with Gasteiger partial charge in [-0.2, -0.15) is 0 Å². The minimum Gasteiger partial charge on any atom is -0.349 e. The highest BCUT2D eigenvalue weighted by molar-refractivity contribution is 7.18. The third-order valence-corrected chi connectivity index (χ3v) is 7.64. The van der Waals surface area contributed by atoms with E-state index in [1.165, 1.54) is 12.8 Å². The minimum absolute atomic E-state index is 0.0538. The van der Waals surface area contributed by atoms with Crippen molar-refractivity contribution in [2.75, 3.05) is 13.1 Å². The van der Waals surface area contributed by atoms with E-state index in [-0.39, 0.29) is 11.9 Å². The van der Waals surface area contributed by atoms with Crippen molar-refractivity contribution in [1.82, 2.24) is 20.2 Å². The lowest BCUT2D eigenvalue weighted by atomic mass is 9.84. The van der Waals surface area contributed by atoms with Crippen LogP contribution >= 0.6 is 11.3 Å². The molecule has 2 aromatic rings. The number of pyridine rings is 1. The van der Waals surface area contributed by atoms with E-state index in [4.69, 9.17) is 0 Å². The van der Waals surface area contributed by atoms with E-state index in [0.717, 1.165) is 41.0 Å². The first-order valence-corrected chi connectivity index (χ1v) is 11.5. The number of carbonyl (C=O) groups is 1. The molecule has 2 saturated carbocycles. The molecule has 0 bridgehead atoms. The van der Waals surface area contributed by atoms with Gasteiger partial charge in [-0.25, -0.2) is 14.4 Å². The lowest BCUT2D eigenvalue weighted by Crippen LogP contribution is -2.62. The van der Waals surface area contributed by atoms with Crippen molar-refractivity contribution in [3.8, 4) is 0 Å². The fraction of sp³-hybridized carbons (Fsp3) is 0.591. The normalized spacial score (nSPS) is 26.8. The van der Waals surface area contributed by atoms with Gasteiger partial charge in [0.05, 0.1) is 15.3 Å². The fourth-order valence-corrected chi connectivity index (χ4v) is 5.78. The Morgan fingerprint density at radius 3 is 2.76 bits per heavy atom. The van der Waals surface area contributed by atoms with E-state index in [1.807, 2.05) is 6.07 Å².